The number of hydrogen-bond donors (Lipinski definition) is 2. The summed E-state index contributed by atoms with van der Waals surface area (Å²) in [5, 5.41) is 8.86. The van der Waals surface area contributed by atoms with Crippen molar-refractivity contribution < 1.29 is 9.50 Å². The third-order valence-electron chi connectivity index (χ3n) is 1.61. The van der Waals surface area contributed by atoms with Gasteiger partial charge in [0.15, 0.2) is 11.6 Å². The zero-order valence-corrected chi connectivity index (χ0v) is 6.50. The molecule has 0 unspecified atom stereocenters. The van der Waals surface area contributed by atoms with Gasteiger partial charge in [-0.3, -0.25) is 0 Å². The number of phenolic OH excluding ortho intramolecular Hbond substituents is 1. The Balaban J connectivity index is 3.04. The van der Waals surface area contributed by atoms with Gasteiger partial charge < -0.3 is 10.8 Å². The van der Waals surface area contributed by atoms with Crippen LogP contribution in [0.4, 0.5) is 4.39 Å². The van der Waals surface area contributed by atoms with Crippen LogP contribution in [-0.4, -0.2) is 5.11 Å². The Bertz CT molecular complexity index is 299. The molecular weight excluding hydrogens is 157 g/mol. The van der Waals surface area contributed by atoms with Gasteiger partial charge in [-0.05, 0) is 17.7 Å². The summed E-state index contributed by atoms with van der Waals surface area (Å²) >= 11 is 0. The largest absolute Gasteiger partial charge is 0.505 e. The minimum Gasteiger partial charge on any atom is -0.505 e. The number of aromatic hydroxyl groups is 1. The third kappa shape index (κ3) is 1.62. The smallest absolute Gasteiger partial charge is 0.165 e. The first-order valence-corrected chi connectivity index (χ1v) is 3.51. The van der Waals surface area contributed by atoms with E-state index in [1.165, 1.54) is 18.2 Å². The molecule has 0 fully saturated rings. The molecule has 0 spiro atoms. The van der Waals surface area contributed by atoms with E-state index in [-0.39, 0.29) is 11.8 Å². The first kappa shape index (κ1) is 8.74. The summed E-state index contributed by atoms with van der Waals surface area (Å²) in [7, 11) is 0. The summed E-state index contributed by atoms with van der Waals surface area (Å²) in [6, 6.07) is 3.64. The molecule has 2 nitrogen and oxygen atoms in total. The van der Waals surface area contributed by atoms with E-state index in [2.05, 4.69) is 6.58 Å². The molecule has 1 atom stereocenters. The van der Waals surface area contributed by atoms with Crippen molar-refractivity contribution in [1.29, 1.82) is 0 Å². The van der Waals surface area contributed by atoms with E-state index < -0.39 is 5.82 Å². The van der Waals surface area contributed by atoms with Gasteiger partial charge in [0, 0.05) is 6.04 Å². The van der Waals surface area contributed by atoms with Gasteiger partial charge in [0.2, 0.25) is 0 Å². The summed E-state index contributed by atoms with van der Waals surface area (Å²) in [4.78, 5) is 0. The van der Waals surface area contributed by atoms with Gasteiger partial charge in [0.25, 0.3) is 0 Å². The zero-order chi connectivity index (χ0) is 9.14. The molecule has 64 valence electrons. The minimum absolute atomic E-state index is 0.366. The highest BCUT2D eigenvalue weighted by atomic mass is 19.1. The summed E-state index contributed by atoms with van der Waals surface area (Å²) < 4.78 is 12.7. The first-order chi connectivity index (χ1) is 5.65. The Morgan fingerprint density at radius 1 is 1.58 bits per heavy atom. The SMILES string of the molecule is C=C[C@H](N)c1ccc(O)c(F)c1. The summed E-state index contributed by atoms with van der Waals surface area (Å²) in [5.41, 5.74) is 6.14. The maximum atomic E-state index is 12.7. The Kier molecular flexibility index (Phi) is 2.45. The molecule has 0 aromatic heterocycles. The Hall–Kier alpha value is -1.35. The summed E-state index contributed by atoms with van der Waals surface area (Å²) in [6.45, 7) is 3.48. The average molecular weight is 167 g/mol. The van der Waals surface area contributed by atoms with Crippen molar-refractivity contribution in [1.82, 2.24) is 0 Å². The van der Waals surface area contributed by atoms with E-state index in [0.717, 1.165) is 0 Å². The monoisotopic (exact) mass is 167 g/mol. The molecule has 3 N–H and O–H groups in total. The summed E-state index contributed by atoms with van der Waals surface area (Å²) in [5.74, 6) is -1.03. The molecule has 1 aromatic carbocycles. The molecule has 0 aliphatic rings. The number of rotatable bonds is 2. The standard InChI is InChI=1S/C9H10FNO/c1-2-8(11)6-3-4-9(12)7(10)5-6/h2-5,8,12H,1,11H2/t8-/m0/s1. The third-order valence-corrected chi connectivity index (χ3v) is 1.61. The molecule has 0 radical (unpaired) electrons. The quantitative estimate of drug-likeness (QED) is 0.659. The molecule has 0 aliphatic heterocycles. The second kappa shape index (κ2) is 3.36. The fraction of sp³-hybridized carbons (Fsp3) is 0.111. The second-order valence-corrected chi connectivity index (χ2v) is 2.47. The Morgan fingerprint density at radius 2 is 2.25 bits per heavy atom. The van der Waals surface area contributed by atoms with E-state index in [1.807, 2.05) is 0 Å². The van der Waals surface area contributed by atoms with Gasteiger partial charge in [0.05, 0.1) is 0 Å². The fourth-order valence-electron chi connectivity index (χ4n) is 0.867. The van der Waals surface area contributed by atoms with E-state index in [1.54, 1.807) is 6.07 Å². The molecule has 0 saturated heterocycles. The highest BCUT2D eigenvalue weighted by Gasteiger charge is 2.05. The van der Waals surface area contributed by atoms with Gasteiger partial charge in [-0.1, -0.05) is 12.1 Å². The van der Waals surface area contributed by atoms with Crippen LogP contribution >= 0.6 is 0 Å². The maximum absolute atomic E-state index is 12.7. The van der Waals surface area contributed by atoms with Crippen LogP contribution in [-0.2, 0) is 0 Å². The molecule has 0 amide bonds. The van der Waals surface area contributed by atoms with Gasteiger partial charge in [0.1, 0.15) is 0 Å². The van der Waals surface area contributed by atoms with Crippen LogP contribution in [0.15, 0.2) is 30.9 Å². The Labute approximate surface area is 70.1 Å². The molecule has 0 bridgehead atoms. The lowest BCUT2D eigenvalue weighted by Crippen LogP contribution is -2.06. The molecule has 3 heteroatoms. The highest BCUT2D eigenvalue weighted by Crippen LogP contribution is 2.19. The van der Waals surface area contributed by atoms with Crippen molar-refractivity contribution in [2.24, 2.45) is 5.73 Å². The predicted molar refractivity (Wildman–Crippen MR) is 45.2 cm³/mol. The zero-order valence-electron chi connectivity index (χ0n) is 6.50. The molecule has 1 aromatic rings. The minimum atomic E-state index is -0.662. The fourth-order valence-corrected chi connectivity index (χ4v) is 0.867. The molecule has 1 rings (SSSR count). The van der Waals surface area contributed by atoms with Crippen molar-refractivity contribution in [3.8, 4) is 5.75 Å². The summed E-state index contributed by atoms with van der Waals surface area (Å²) in [6.07, 6.45) is 1.51. The lowest BCUT2D eigenvalue weighted by atomic mass is 10.1. The molecular formula is C9H10FNO. The normalized spacial score (nSPS) is 12.5. The highest BCUT2D eigenvalue weighted by molar-refractivity contribution is 5.31. The van der Waals surface area contributed by atoms with E-state index in [9.17, 15) is 4.39 Å². The number of hydrogen-bond acceptors (Lipinski definition) is 2. The average Bonchev–Trinajstić information content (AvgIpc) is 2.08. The lowest BCUT2D eigenvalue weighted by molar-refractivity contribution is 0.431. The van der Waals surface area contributed by atoms with Gasteiger partial charge in [-0.15, -0.1) is 6.58 Å². The van der Waals surface area contributed by atoms with E-state index in [0.29, 0.717) is 5.56 Å². The van der Waals surface area contributed by atoms with Crippen LogP contribution in [0.5, 0.6) is 5.75 Å². The topological polar surface area (TPSA) is 46.2 Å². The molecule has 0 saturated carbocycles. The van der Waals surface area contributed by atoms with Crippen molar-refractivity contribution in [3.05, 3.63) is 42.2 Å². The van der Waals surface area contributed by atoms with Crippen LogP contribution in [0, 0.1) is 5.82 Å². The molecule has 0 aliphatic carbocycles. The molecule has 0 heterocycles. The van der Waals surface area contributed by atoms with Crippen molar-refractivity contribution >= 4 is 0 Å². The number of nitrogens with two attached hydrogens (primary N) is 1. The van der Waals surface area contributed by atoms with Gasteiger partial charge in [-0.2, -0.15) is 0 Å². The first-order valence-electron chi connectivity index (χ1n) is 3.51. The van der Waals surface area contributed by atoms with Crippen LogP contribution in [0.3, 0.4) is 0 Å². The van der Waals surface area contributed by atoms with Crippen molar-refractivity contribution in [3.63, 3.8) is 0 Å². The van der Waals surface area contributed by atoms with Gasteiger partial charge in [-0.25, -0.2) is 4.39 Å². The van der Waals surface area contributed by atoms with Crippen LogP contribution in [0.2, 0.25) is 0 Å². The van der Waals surface area contributed by atoms with Gasteiger partial charge >= 0.3 is 0 Å². The van der Waals surface area contributed by atoms with E-state index >= 15 is 0 Å². The number of halogens is 1. The van der Waals surface area contributed by atoms with Crippen LogP contribution in [0.25, 0.3) is 0 Å². The second-order valence-electron chi connectivity index (χ2n) is 2.47. The van der Waals surface area contributed by atoms with Crippen molar-refractivity contribution in [2.75, 3.05) is 0 Å². The van der Waals surface area contributed by atoms with Crippen LogP contribution in [0.1, 0.15) is 11.6 Å². The van der Waals surface area contributed by atoms with E-state index in [4.69, 9.17) is 10.8 Å². The molecule has 12 heavy (non-hydrogen) atoms. The number of phenols is 1. The van der Waals surface area contributed by atoms with Crippen molar-refractivity contribution in [2.45, 2.75) is 6.04 Å². The van der Waals surface area contributed by atoms with Crippen LogP contribution < -0.4 is 5.73 Å². The predicted octanol–water partition coefficient (Wildman–Crippen LogP) is 1.72. The maximum Gasteiger partial charge on any atom is 0.165 e. The lowest BCUT2D eigenvalue weighted by Gasteiger charge is -2.06. The Morgan fingerprint density at radius 3 is 2.75 bits per heavy atom. The number of benzene rings is 1.